The van der Waals surface area contributed by atoms with Crippen LogP contribution in [0.15, 0.2) is 30.5 Å². The normalized spacial score (nSPS) is 24.0. The molecule has 1 aromatic carbocycles. The van der Waals surface area contributed by atoms with Crippen molar-refractivity contribution < 1.29 is 14.4 Å². The number of anilines is 1. The van der Waals surface area contributed by atoms with Gasteiger partial charge in [-0.2, -0.15) is 5.10 Å². The summed E-state index contributed by atoms with van der Waals surface area (Å²) in [6.07, 6.45) is 10.4. The van der Waals surface area contributed by atoms with Crippen molar-refractivity contribution in [2.75, 3.05) is 51.1 Å². The highest BCUT2D eigenvalue weighted by Crippen LogP contribution is 2.29. The van der Waals surface area contributed by atoms with Crippen LogP contribution in [0.1, 0.15) is 74.2 Å². The molecule has 2 unspecified atom stereocenters. The number of urea groups is 2. The Kier molecular flexibility index (Phi) is 8.93. The van der Waals surface area contributed by atoms with Gasteiger partial charge in [0.1, 0.15) is 6.04 Å². The number of fused-ring (bicyclic) bond motifs is 2. The summed E-state index contributed by atoms with van der Waals surface area (Å²) < 4.78 is 0. The number of benzene rings is 1. The molecule has 5 aliphatic heterocycles. The third kappa shape index (κ3) is 6.53. The van der Waals surface area contributed by atoms with Gasteiger partial charge in [-0.3, -0.25) is 9.89 Å². The van der Waals surface area contributed by atoms with Crippen molar-refractivity contribution in [3.05, 3.63) is 47.3 Å². The molecule has 3 fully saturated rings. The van der Waals surface area contributed by atoms with Crippen LogP contribution >= 0.6 is 0 Å². The van der Waals surface area contributed by atoms with Crippen LogP contribution in [0.25, 0.3) is 0 Å². The summed E-state index contributed by atoms with van der Waals surface area (Å²) >= 11 is 0. The highest BCUT2D eigenvalue weighted by atomic mass is 16.2. The molecule has 3 saturated heterocycles. The molecule has 12 heteroatoms. The number of carbonyl (C=O) groups is 3. The number of aromatic nitrogens is 2. The molecule has 0 aliphatic carbocycles. The highest BCUT2D eigenvalue weighted by molar-refractivity contribution is 5.92. The second kappa shape index (κ2) is 13.4. The van der Waals surface area contributed by atoms with Gasteiger partial charge in [0.15, 0.2) is 0 Å². The zero-order chi connectivity index (χ0) is 30.8. The van der Waals surface area contributed by atoms with Crippen LogP contribution in [0.4, 0.5) is 15.3 Å². The lowest BCUT2D eigenvalue weighted by Gasteiger charge is -2.42. The van der Waals surface area contributed by atoms with Crippen LogP contribution in [0.2, 0.25) is 0 Å². The average Bonchev–Trinajstić information content (AvgIpc) is 3.58. The average molecular weight is 618 g/mol. The summed E-state index contributed by atoms with van der Waals surface area (Å²) in [5, 5.41) is 17.1. The fourth-order valence-corrected chi connectivity index (χ4v) is 8.07. The van der Waals surface area contributed by atoms with Crippen molar-refractivity contribution in [2.45, 2.75) is 88.5 Å². The first kappa shape index (κ1) is 30.0. The van der Waals surface area contributed by atoms with E-state index in [2.05, 4.69) is 31.0 Å². The van der Waals surface area contributed by atoms with Crippen LogP contribution in [0, 0.1) is 0 Å². The van der Waals surface area contributed by atoms with E-state index < -0.39 is 6.04 Å². The maximum Gasteiger partial charge on any atom is 0.322 e. The first-order valence-electron chi connectivity index (χ1n) is 17.0. The topological polar surface area (TPSA) is 129 Å². The van der Waals surface area contributed by atoms with E-state index in [4.69, 9.17) is 0 Å². The van der Waals surface area contributed by atoms with Gasteiger partial charge in [-0.05, 0) is 69.7 Å². The number of rotatable bonds is 6. The van der Waals surface area contributed by atoms with Gasteiger partial charge >= 0.3 is 12.1 Å². The van der Waals surface area contributed by atoms with E-state index in [1.165, 1.54) is 32.4 Å². The van der Waals surface area contributed by atoms with Crippen LogP contribution in [0.5, 0.6) is 0 Å². The second-order valence-corrected chi connectivity index (χ2v) is 13.4. The Labute approximate surface area is 265 Å². The summed E-state index contributed by atoms with van der Waals surface area (Å²) in [7, 11) is 0. The van der Waals surface area contributed by atoms with Gasteiger partial charge in [-0.25, -0.2) is 9.59 Å². The third-order valence-corrected chi connectivity index (χ3v) is 10.7. The van der Waals surface area contributed by atoms with Crippen molar-refractivity contribution in [3.63, 3.8) is 0 Å². The van der Waals surface area contributed by atoms with Crippen LogP contribution in [-0.2, 0) is 17.8 Å². The summed E-state index contributed by atoms with van der Waals surface area (Å²) in [5.41, 5.74) is 4.16. The van der Waals surface area contributed by atoms with Crippen molar-refractivity contribution >= 4 is 23.7 Å². The van der Waals surface area contributed by atoms with Gasteiger partial charge in [0.25, 0.3) is 0 Å². The number of likely N-dealkylation sites (tertiary alicyclic amines) is 3. The fraction of sp³-hybridized carbons (Fsp3) is 0.636. The molecule has 0 bridgehead atoms. The third-order valence-electron chi connectivity index (χ3n) is 10.7. The lowest BCUT2D eigenvalue weighted by atomic mass is 9.94. The monoisotopic (exact) mass is 617 g/mol. The standard InChI is InChI=1S/C33H47N9O3/c43-31(40-16-9-24(10-17-40)39-14-4-1-5-15-39)30(20-29-26-21-35-38-28(26)8-13-34-29)37-32(44)41-18-11-25(12-19-41)42-22-23-6-2-3-7-27(23)36-33(42)45/h2-3,6-7,21,24-25,29-30,34H,1,4-5,8-20,22H2,(H,35,38)(H,36,45)(H,37,44). The van der Waals surface area contributed by atoms with Crippen molar-refractivity contribution in [2.24, 2.45) is 0 Å². The quantitative estimate of drug-likeness (QED) is 0.395. The van der Waals surface area contributed by atoms with E-state index in [9.17, 15) is 14.4 Å². The molecular formula is C33H47N9O3. The molecule has 242 valence electrons. The van der Waals surface area contributed by atoms with E-state index in [1.54, 1.807) is 0 Å². The molecule has 12 nitrogen and oxygen atoms in total. The number of piperidine rings is 3. The molecular weight excluding hydrogens is 570 g/mol. The number of hydrogen-bond acceptors (Lipinski definition) is 6. The highest BCUT2D eigenvalue weighted by Gasteiger charge is 2.37. The molecule has 0 spiro atoms. The van der Waals surface area contributed by atoms with Crippen LogP contribution in [0.3, 0.4) is 0 Å². The zero-order valence-electron chi connectivity index (χ0n) is 26.2. The number of amides is 5. The molecule has 2 aromatic rings. The Bertz CT molecular complexity index is 1360. The van der Waals surface area contributed by atoms with Crippen molar-refractivity contribution in [3.8, 4) is 0 Å². The maximum absolute atomic E-state index is 14.1. The molecule has 7 rings (SSSR count). The lowest BCUT2D eigenvalue weighted by Crippen LogP contribution is -2.57. The van der Waals surface area contributed by atoms with Gasteiger partial charge in [-0.15, -0.1) is 0 Å². The predicted molar refractivity (Wildman–Crippen MR) is 171 cm³/mol. The van der Waals surface area contributed by atoms with E-state index in [1.807, 2.05) is 45.2 Å². The molecule has 4 N–H and O–H groups in total. The second-order valence-electron chi connectivity index (χ2n) is 13.4. The van der Waals surface area contributed by atoms with Crippen molar-refractivity contribution in [1.82, 2.24) is 40.4 Å². The summed E-state index contributed by atoms with van der Waals surface area (Å²) in [6.45, 7) is 6.26. The maximum atomic E-state index is 14.1. The Balaban J connectivity index is 0.987. The van der Waals surface area contributed by atoms with Crippen LogP contribution in [-0.4, -0.2) is 112 Å². The fourth-order valence-electron chi connectivity index (χ4n) is 8.07. The molecule has 1 aromatic heterocycles. The number of nitrogens with one attached hydrogen (secondary N) is 4. The number of aromatic amines is 1. The Hall–Kier alpha value is -3.64. The smallest absolute Gasteiger partial charge is 0.322 e. The summed E-state index contributed by atoms with van der Waals surface area (Å²) in [5.74, 6) is 0.0106. The van der Waals surface area contributed by atoms with Gasteiger partial charge < -0.3 is 35.6 Å². The molecule has 5 aliphatic rings. The minimum atomic E-state index is -0.635. The number of hydrogen-bond donors (Lipinski definition) is 4. The number of carbonyl (C=O) groups excluding carboxylic acids is 3. The minimum Gasteiger partial charge on any atom is -0.341 e. The van der Waals surface area contributed by atoms with E-state index in [0.717, 1.165) is 61.4 Å². The Morgan fingerprint density at radius 2 is 1.67 bits per heavy atom. The van der Waals surface area contributed by atoms with Crippen LogP contribution < -0.4 is 16.0 Å². The summed E-state index contributed by atoms with van der Waals surface area (Å²) in [4.78, 5) is 49.0. The van der Waals surface area contributed by atoms with Gasteiger partial charge in [0.05, 0.1) is 6.20 Å². The van der Waals surface area contributed by atoms with Gasteiger partial charge in [0.2, 0.25) is 5.91 Å². The largest absolute Gasteiger partial charge is 0.341 e. The SMILES string of the molecule is O=C(NC(CC1NCCc2[nH]ncc21)C(=O)N1CCC(N2CCCCC2)CC1)N1CCC(N2Cc3ccccc3NC2=O)CC1. The van der Waals surface area contributed by atoms with E-state index in [0.29, 0.717) is 44.9 Å². The summed E-state index contributed by atoms with van der Waals surface area (Å²) in [6, 6.07) is 7.54. The number of H-pyrrole nitrogens is 1. The van der Waals surface area contributed by atoms with Gasteiger partial charge in [-0.1, -0.05) is 24.6 Å². The number of para-hydroxylation sites is 1. The number of nitrogens with zero attached hydrogens (tertiary/aromatic N) is 5. The molecule has 6 heterocycles. The Morgan fingerprint density at radius 1 is 0.933 bits per heavy atom. The zero-order valence-corrected chi connectivity index (χ0v) is 26.2. The van der Waals surface area contributed by atoms with E-state index >= 15 is 0 Å². The first-order chi connectivity index (χ1) is 22.0. The molecule has 0 saturated carbocycles. The predicted octanol–water partition coefficient (Wildman–Crippen LogP) is 3.05. The van der Waals surface area contributed by atoms with Crippen molar-refractivity contribution in [1.29, 1.82) is 0 Å². The molecule has 2 atom stereocenters. The van der Waals surface area contributed by atoms with Gasteiger partial charge in [0, 0.05) is 80.8 Å². The molecule has 0 radical (unpaired) electrons. The molecule has 45 heavy (non-hydrogen) atoms. The Morgan fingerprint density at radius 3 is 2.47 bits per heavy atom. The molecule has 5 amide bonds. The first-order valence-corrected chi connectivity index (χ1v) is 17.0. The lowest BCUT2D eigenvalue weighted by molar-refractivity contribution is -0.135. The van der Waals surface area contributed by atoms with E-state index in [-0.39, 0.29) is 30.1 Å². The minimum absolute atomic E-state index is 0.0106.